The molecular weight excluding hydrogens is 611 g/mol. The third-order valence-corrected chi connectivity index (χ3v) is 12.6. The van der Waals surface area contributed by atoms with Crippen LogP contribution in [0.5, 0.6) is 0 Å². The summed E-state index contributed by atoms with van der Waals surface area (Å²) in [5, 5.41) is 0.498. The van der Waals surface area contributed by atoms with E-state index in [0.29, 0.717) is 17.1 Å². The van der Waals surface area contributed by atoms with Crippen LogP contribution in [-0.2, 0) is 5.41 Å². The van der Waals surface area contributed by atoms with Crippen LogP contribution >= 0.6 is 11.8 Å². The Morgan fingerprint density at radius 3 is 2.41 bits per heavy atom. The van der Waals surface area contributed by atoms with Crippen LogP contribution in [0.2, 0.25) is 0 Å². The van der Waals surface area contributed by atoms with Crippen molar-refractivity contribution in [2.75, 3.05) is 4.90 Å². The maximum Gasteiger partial charge on any atom is 0.0464 e. The zero-order chi connectivity index (χ0) is 33.7. The Balaban J connectivity index is 1.19. The predicted molar refractivity (Wildman–Crippen MR) is 212 cm³/mol. The number of nitrogens with zero attached hydrogens (tertiary/aromatic N) is 1. The summed E-state index contributed by atoms with van der Waals surface area (Å²) in [6.45, 7) is 11.5. The second-order valence-electron chi connectivity index (χ2n) is 14.4. The molecule has 0 fully saturated rings. The molecule has 49 heavy (non-hydrogen) atoms. The largest absolute Gasteiger partial charge is 0.311 e. The highest BCUT2D eigenvalue weighted by atomic mass is 32.2. The minimum Gasteiger partial charge on any atom is -0.311 e. The normalized spacial score (nSPS) is 20.7. The van der Waals surface area contributed by atoms with Crippen molar-refractivity contribution in [2.45, 2.75) is 63.0 Å². The third kappa shape index (κ3) is 5.51. The van der Waals surface area contributed by atoms with Crippen LogP contribution in [0.1, 0.15) is 64.2 Å². The number of fused-ring (bicyclic) bond motifs is 6. The van der Waals surface area contributed by atoms with Crippen molar-refractivity contribution >= 4 is 28.7 Å². The van der Waals surface area contributed by atoms with Crippen molar-refractivity contribution in [1.82, 2.24) is 0 Å². The summed E-state index contributed by atoms with van der Waals surface area (Å²) in [6.07, 6.45) is 23.1. The molecule has 0 radical (unpaired) electrons. The standard InChI is InChI=1S/C47H45NS/c1-6-35(25-22-31(2)33-15-8-7-9-16-33)48(37-28-29-40-39-17-10-11-21-43(39)47(4,5)44(40)30-37)36-26-23-34(24-27-36)38-18-13-20-42-41-19-12-14-32(3)45(41)49-46(38)42/h6,8,10-32,45H,7,9H2,1-5H3/b25-22-,35-6+/t31?,32-,45?/m0/s1. The van der Waals surface area contributed by atoms with Crippen molar-refractivity contribution in [3.8, 4) is 22.3 Å². The van der Waals surface area contributed by atoms with E-state index in [-0.39, 0.29) is 5.41 Å². The van der Waals surface area contributed by atoms with Gasteiger partial charge in [0.2, 0.25) is 0 Å². The molecule has 0 aromatic heterocycles. The van der Waals surface area contributed by atoms with Crippen LogP contribution in [0.15, 0.2) is 156 Å². The topological polar surface area (TPSA) is 3.24 Å². The maximum absolute atomic E-state index is 2.44. The zero-order valence-electron chi connectivity index (χ0n) is 29.3. The Hall–Kier alpha value is -4.53. The lowest BCUT2D eigenvalue weighted by atomic mass is 9.82. The van der Waals surface area contributed by atoms with Gasteiger partial charge in [-0.15, -0.1) is 11.8 Å². The first-order chi connectivity index (χ1) is 23.8. The van der Waals surface area contributed by atoms with Crippen molar-refractivity contribution in [3.63, 3.8) is 0 Å². The second-order valence-corrected chi connectivity index (χ2v) is 15.6. The lowest BCUT2D eigenvalue weighted by Gasteiger charge is -2.29. The molecule has 0 bridgehead atoms. The van der Waals surface area contributed by atoms with Crippen molar-refractivity contribution < 1.29 is 0 Å². The monoisotopic (exact) mass is 655 g/mol. The van der Waals surface area contributed by atoms with Crippen LogP contribution in [-0.4, -0.2) is 5.25 Å². The number of benzene rings is 4. The van der Waals surface area contributed by atoms with Gasteiger partial charge >= 0.3 is 0 Å². The van der Waals surface area contributed by atoms with Gasteiger partial charge in [0.1, 0.15) is 0 Å². The van der Waals surface area contributed by atoms with E-state index in [4.69, 9.17) is 0 Å². The number of rotatable bonds is 7. The first kappa shape index (κ1) is 31.7. The van der Waals surface area contributed by atoms with Gasteiger partial charge in [0.05, 0.1) is 0 Å². The molecule has 244 valence electrons. The van der Waals surface area contributed by atoms with Crippen molar-refractivity contribution in [2.24, 2.45) is 11.8 Å². The molecule has 4 aromatic rings. The van der Waals surface area contributed by atoms with Crippen LogP contribution < -0.4 is 4.90 Å². The van der Waals surface area contributed by atoms with E-state index in [1.807, 2.05) is 11.8 Å². The molecule has 0 spiro atoms. The highest BCUT2D eigenvalue weighted by molar-refractivity contribution is 8.01. The second kappa shape index (κ2) is 12.7. The molecule has 3 aliphatic carbocycles. The first-order valence-corrected chi connectivity index (χ1v) is 18.8. The summed E-state index contributed by atoms with van der Waals surface area (Å²) in [6, 6.07) is 32.1. The molecule has 4 aliphatic rings. The Bertz CT molecular complexity index is 2120. The van der Waals surface area contributed by atoms with Gasteiger partial charge in [-0.25, -0.2) is 0 Å². The van der Waals surface area contributed by atoms with Gasteiger partial charge in [-0.05, 0) is 112 Å². The fourth-order valence-corrected chi connectivity index (χ4v) is 9.68. The number of hydrogen-bond acceptors (Lipinski definition) is 2. The molecular formula is C47H45NS. The Labute approximate surface area is 297 Å². The molecule has 3 atom stereocenters. The zero-order valence-corrected chi connectivity index (χ0v) is 30.1. The van der Waals surface area contributed by atoms with E-state index >= 15 is 0 Å². The maximum atomic E-state index is 2.44. The molecule has 0 amide bonds. The minimum absolute atomic E-state index is 0.0668. The molecule has 1 aliphatic heterocycles. The van der Waals surface area contributed by atoms with Gasteiger partial charge < -0.3 is 4.90 Å². The van der Waals surface area contributed by atoms with Gasteiger partial charge in [-0.3, -0.25) is 0 Å². The quantitative estimate of drug-likeness (QED) is 0.182. The van der Waals surface area contributed by atoms with E-state index in [1.54, 1.807) is 0 Å². The molecule has 8 rings (SSSR count). The first-order valence-electron chi connectivity index (χ1n) is 17.9. The van der Waals surface area contributed by atoms with Gasteiger partial charge in [-0.1, -0.05) is 137 Å². The molecule has 1 heterocycles. The molecule has 1 nitrogen and oxygen atoms in total. The number of allylic oxidation sites excluding steroid dienone is 10. The van der Waals surface area contributed by atoms with Crippen LogP contribution in [0.3, 0.4) is 0 Å². The van der Waals surface area contributed by atoms with Crippen LogP contribution in [0.4, 0.5) is 11.4 Å². The lowest BCUT2D eigenvalue weighted by Crippen LogP contribution is -2.18. The Morgan fingerprint density at radius 2 is 1.61 bits per heavy atom. The van der Waals surface area contributed by atoms with Crippen molar-refractivity contribution in [1.29, 1.82) is 0 Å². The fourth-order valence-electron chi connectivity index (χ4n) is 8.17. The van der Waals surface area contributed by atoms with E-state index < -0.39 is 0 Å². The summed E-state index contributed by atoms with van der Waals surface area (Å²) in [5.41, 5.74) is 15.8. The number of thioether (sulfide) groups is 1. The Morgan fingerprint density at radius 1 is 0.857 bits per heavy atom. The molecule has 0 saturated carbocycles. The van der Waals surface area contributed by atoms with Gasteiger partial charge in [0.15, 0.2) is 0 Å². The van der Waals surface area contributed by atoms with Crippen LogP contribution in [0.25, 0.3) is 27.8 Å². The molecule has 4 aromatic carbocycles. The number of anilines is 2. The fraction of sp³-hybridized carbons (Fsp3) is 0.234. The average molecular weight is 656 g/mol. The summed E-state index contributed by atoms with van der Waals surface area (Å²) in [5.74, 6) is 0.880. The third-order valence-electron chi connectivity index (χ3n) is 11.0. The number of hydrogen-bond donors (Lipinski definition) is 0. The highest BCUT2D eigenvalue weighted by Crippen LogP contribution is 2.53. The van der Waals surface area contributed by atoms with Crippen molar-refractivity contribution in [3.05, 3.63) is 168 Å². The van der Waals surface area contributed by atoms with E-state index in [2.05, 4.69) is 179 Å². The summed E-state index contributed by atoms with van der Waals surface area (Å²) >= 11 is 2.03. The minimum atomic E-state index is -0.0668. The SMILES string of the molecule is C/C=C(\C=C/C(C)C1=CCCC=C1)N(c1ccc(-c2cccc3c2SC2C3=CC=C[C@@H]2C)cc1)c1ccc2c(c1)C(C)(C)c1ccccc1-2. The summed E-state index contributed by atoms with van der Waals surface area (Å²) in [4.78, 5) is 3.85. The molecule has 0 N–H and O–H groups in total. The highest BCUT2D eigenvalue weighted by Gasteiger charge is 2.36. The molecule has 0 saturated heterocycles. The van der Waals surface area contributed by atoms with Gasteiger partial charge in [0.25, 0.3) is 0 Å². The van der Waals surface area contributed by atoms with E-state index in [0.717, 1.165) is 18.5 Å². The van der Waals surface area contributed by atoms with Crippen LogP contribution in [0, 0.1) is 11.8 Å². The summed E-state index contributed by atoms with van der Waals surface area (Å²) in [7, 11) is 0. The predicted octanol–water partition coefficient (Wildman–Crippen LogP) is 13.2. The molecule has 2 unspecified atom stereocenters. The average Bonchev–Trinajstić information content (AvgIpc) is 3.64. The van der Waals surface area contributed by atoms with Gasteiger partial charge in [-0.2, -0.15) is 0 Å². The van der Waals surface area contributed by atoms with Gasteiger partial charge in [0, 0.05) is 32.6 Å². The Kier molecular flexibility index (Phi) is 8.24. The molecule has 2 heteroatoms. The summed E-state index contributed by atoms with van der Waals surface area (Å²) < 4.78 is 0. The lowest BCUT2D eigenvalue weighted by molar-refractivity contribution is 0.660. The van der Waals surface area contributed by atoms with E-state index in [9.17, 15) is 0 Å². The van der Waals surface area contributed by atoms with E-state index in [1.165, 1.54) is 66.4 Å². The smallest absolute Gasteiger partial charge is 0.0464 e.